The molecule has 0 unspecified atom stereocenters. The Bertz CT molecular complexity index is 175. The van der Waals surface area contributed by atoms with E-state index in [1.807, 2.05) is 0 Å². The van der Waals surface area contributed by atoms with Crippen LogP contribution in [-0.4, -0.2) is 79.5 Å². The summed E-state index contributed by atoms with van der Waals surface area (Å²) in [6.07, 6.45) is -6.81. The van der Waals surface area contributed by atoms with Crippen molar-refractivity contribution in [2.45, 2.75) is 24.4 Å². The number of aliphatic hydroxyl groups excluding tert-OH is 5. The van der Waals surface area contributed by atoms with E-state index in [9.17, 15) is 4.79 Å². The zero-order valence-corrected chi connectivity index (χ0v) is 9.16. The minimum absolute atomic E-state index is 0.586. The third-order valence-corrected chi connectivity index (χ3v) is 2.26. The molecule has 7 heteroatoms. The van der Waals surface area contributed by atoms with Crippen molar-refractivity contribution in [1.29, 1.82) is 0 Å². The van der Waals surface area contributed by atoms with Gasteiger partial charge in [-0.25, -0.2) is 0 Å². The monoisotopic (exact) mass is 248 g/mol. The Morgan fingerprint density at radius 3 is 1.92 bits per heavy atom. The molecular weight excluding hydrogens is 238 g/mol. The summed E-state index contributed by atoms with van der Waals surface area (Å²) < 4.78 is -0.663. The average molecular weight is 249 g/mol. The standard InChI is InChI=1S/C6H11O6.Ga/c7-1-3(9)5(11)6(12)4(10)2-8;/h3-7,9-12H,1H2;/t3-,4+,5-,6-;/m1./s1. The van der Waals surface area contributed by atoms with Gasteiger partial charge in [0, 0.05) is 0 Å². The summed E-state index contributed by atoms with van der Waals surface area (Å²) in [6, 6.07) is 0. The van der Waals surface area contributed by atoms with Gasteiger partial charge in [0.1, 0.15) is 0 Å². The molecule has 0 aliphatic rings. The van der Waals surface area contributed by atoms with Gasteiger partial charge >= 0.3 is 84.3 Å². The minimum atomic E-state index is -1.78. The number of carbonyl (C=O) groups excluding carboxylic acids is 1. The molecule has 0 aromatic rings. The van der Waals surface area contributed by atoms with Gasteiger partial charge < -0.3 is 0 Å². The first-order valence-electron chi connectivity index (χ1n) is 3.54. The van der Waals surface area contributed by atoms with Crippen LogP contribution in [-0.2, 0) is 4.79 Å². The summed E-state index contributed by atoms with van der Waals surface area (Å²) in [5, 5.41) is 44.3. The van der Waals surface area contributed by atoms with Gasteiger partial charge in [-0.1, -0.05) is 0 Å². The molecule has 0 spiro atoms. The van der Waals surface area contributed by atoms with Crippen LogP contribution >= 0.6 is 0 Å². The predicted molar refractivity (Wildman–Crippen MR) is 41.9 cm³/mol. The second kappa shape index (κ2) is 5.76. The number of rotatable bonds is 5. The third-order valence-electron chi connectivity index (χ3n) is 1.55. The topological polar surface area (TPSA) is 118 Å². The van der Waals surface area contributed by atoms with Crippen molar-refractivity contribution in [3.05, 3.63) is 0 Å². The van der Waals surface area contributed by atoms with E-state index in [-0.39, 0.29) is 0 Å². The second-order valence-corrected chi connectivity index (χ2v) is 3.77. The summed E-state index contributed by atoms with van der Waals surface area (Å²) in [5.74, 6) is 0. The molecule has 0 rings (SSSR count). The quantitative estimate of drug-likeness (QED) is 0.318. The molecular formula is C6H11GaO6. The molecule has 74 valence electrons. The Morgan fingerprint density at radius 2 is 1.62 bits per heavy atom. The molecule has 0 aliphatic heterocycles. The van der Waals surface area contributed by atoms with Gasteiger partial charge in [0.05, 0.1) is 0 Å². The number of aliphatic hydroxyl groups is 5. The van der Waals surface area contributed by atoms with Crippen LogP contribution in [0.25, 0.3) is 0 Å². The van der Waals surface area contributed by atoms with Gasteiger partial charge in [-0.3, -0.25) is 0 Å². The van der Waals surface area contributed by atoms with Gasteiger partial charge in [0.25, 0.3) is 0 Å². The zero-order chi connectivity index (χ0) is 10.6. The fourth-order valence-electron chi connectivity index (χ4n) is 0.691. The summed E-state index contributed by atoms with van der Waals surface area (Å²) in [4.78, 5) is 10.6. The normalized spacial score (nSPS) is 20.4. The van der Waals surface area contributed by atoms with Gasteiger partial charge in [-0.15, -0.1) is 0 Å². The molecule has 2 radical (unpaired) electrons. The van der Waals surface area contributed by atoms with Gasteiger partial charge in [-0.05, 0) is 0 Å². The Kier molecular flexibility index (Phi) is 5.80. The fraction of sp³-hybridized carbons (Fsp3) is 0.833. The molecule has 0 saturated heterocycles. The molecule has 0 fully saturated rings. The molecule has 0 aliphatic carbocycles. The molecule has 0 amide bonds. The Morgan fingerprint density at radius 1 is 1.15 bits per heavy atom. The van der Waals surface area contributed by atoms with Crippen molar-refractivity contribution in [3.63, 3.8) is 0 Å². The van der Waals surface area contributed by atoms with E-state index in [4.69, 9.17) is 25.5 Å². The van der Waals surface area contributed by atoms with Crippen molar-refractivity contribution < 1.29 is 30.3 Å². The van der Waals surface area contributed by atoms with Crippen molar-refractivity contribution in [1.82, 2.24) is 0 Å². The Labute approximate surface area is 84.7 Å². The van der Waals surface area contributed by atoms with E-state index >= 15 is 0 Å². The van der Waals surface area contributed by atoms with Gasteiger partial charge in [0.15, 0.2) is 0 Å². The van der Waals surface area contributed by atoms with Crippen LogP contribution in [0.4, 0.5) is 0 Å². The first-order valence-corrected chi connectivity index (χ1v) is 4.75. The van der Waals surface area contributed by atoms with Gasteiger partial charge in [-0.2, -0.15) is 0 Å². The van der Waals surface area contributed by atoms with Crippen molar-refractivity contribution in [2.75, 3.05) is 6.61 Å². The maximum absolute atomic E-state index is 10.6. The summed E-state index contributed by atoms with van der Waals surface area (Å²) >= 11 is 0.586. The molecule has 0 aromatic carbocycles. The molecule has 13 heavy (non-hydrogen) atoms. The van der Waals surface area contributed by atoms with Crippen LogP contribution in [0.3, 0.4) is 0 Å². The summed E-state index contributed by atoms with van der Waals surface area (Å²) in [7, 11) is 0. The van der Waals surface area contributed by atoms with Crippen LogP contribution in [0, 0.1) is 0 Å². The van der Waals surface area contributed by atoms with E-state index < -0.39 is 35.4 Å². The van der Waals surface area contributed by atoms with E-state index in [1.165, 1.54) is 0 Å². The van der Waals surface area contributed by atoms with E-state index in [0.29, 0.717) is 18.6 Å². The first kappa shape index (κ1) is 13.1. The molecule has 6 nitrogen and oxygen atoms in total. The van der Waals surface area contributed by atoms with E-state index in [0.717, 1.165) is 0 Å². The fourth-order valence-corrected chi connectivity index (χ4v) is 1.10. The Balaban J connectivity index is 4.24. The van der Waals surface area contributed by atoms with Gasteiger partial charge in [0.2, 0.25) is 0 Å². The summed E-state index contributed by atoms with van der Waals surface area (Å²) in [6.45, 7) is -0.756. The zero-order valence-electron chi connectivity index (χ0n) is 6.74. The molecule has 4 atom stereocenters. The van der Waals surface area contributed by atoms with Crippen molar-refractivity contribution in [2.24, 2.45) is 0 Å². The van der Waals surface area contributed by atoms with Crippen LogP contribution < -0.4 is 0 Å². The van der Waals surface area contributed by atoms with Crippen LogP contribution in [0.5, 0.6) is 0 Å². The Hall–Kier alpha value is 0.106. The number of carbonyl (C=O) groups is 1. The van der Waals surface area contributed by atoms with Crippen molar-refractivity contribution in [3.8, 4) is 0 Å². The number of hydrogen-bond acceptors (Lipinski definition) is 6. The molecule has 0 heterocycles. The third kappa shape index (κ3) is 3.77. The average Bonchev–Trinajstić information content (AvgIpc) is 2.12. The second-order valence-electron chi connectivity index (χ2n) is 2.58. The van der Waals surface area contributed by atoms with Crippen LogP contribution in [0.2, 0.25) is 0 Å². The molecule has 0 saturated carbocycles. The number of hydrogen-bond donors (Lipinski definition) is 5. The molecule has 5 N–H and O–H groups in total. The van der Waals surface area contributed by atoms with E-state index in [1.54, 1.807) is 0 Å². The predicted octanol–water partition coefficient (Wildman–Crippen LogP) is -3.88. The SMILES string of the molecule is O=[C]([Ga])[C@H](O)[C@@H](O)[C@H](O)[C@H](O)CO. The van der Waals surface area contributed by atoms with E-state index in [2.05, 4.69) is 0 Å². The summed E-state index contributed by atoms with van der Waals surface area (Å²) in [5.41, 5.74) is 0. The molecule has 0 aromatic heterocycles. The first-order chi connectivity index (χ1) is 5.91. The van der Waals surface area contributed by atoms with Crippen molar-refractivity contribution >= 4 is 22.9 Å². The maximum atomic E-state index is 10.6. The van der Waals surface area contributed by atoms with Crippen LogP contribution in [0.15, 0.2) is 0 Å². The van der Waals surface area contributed by atoms with Crippen LogP contribution in [0.1, 0.15) is 0 Å². The molecule has 0 bridgehead atoms.